The molecule has 1 amide bonds. The van der Waals surface area contributed by atoms with E-state index < -0.39 is 0 Å². The molecule has 1 aliphatic heterocycles. The number of methoxy groups -OCH3 is 1. The first kappa shape index (κ1) is 26.0. The van der Waals surface area contributed by atoms with Gasteiger partial charge < -0.3 is 10.1 Å². The van der Waals surface area contributed by atoms with E-state index in [1.807, 2.05) is 36.4 Å². The molecule has 200 valence electrons. The van der Waals surface area contributed by atoms with Gasteiger partial charge in [0.15, 0.2) is 4.34 Å². The van der Waals surface area contributed by atoms with Crippen molar-refractivity contribution < 1.29 is 13.9 Å². The van der Waals surface area contributed by atoms with Crippen molar-refractivity contribution in [2.75, 3.05) is 18.2 Å². The van der Waals surface area contributed by atoms with Crippen LogP contribution in [0.3, 0.4) is 0 Å². The highest BCUT2D eigenvalue weighted by Gasteiger charge is 2.33. The Morgan fingerprint density at radius 3 is 2.60 bits per heavy atom. The van der Waals surface area contributed by atoms with Gasteiger partial charge in [-0.05, 0) is 52.2 Å². The van der Waals surface area contributed by atoms with Crippen molar-refractivity contribution in [3.05, 3.63) is 108 Å². The highest BCUT2D eigenvalue weighted by atomic mass is 32.2. The van der Waals surface area contributed by atoms with E-state index in [4.69, 9.17) is 9.84 Å². The topological polar surface area (TPSA) is 79.7 Å². The number of nitrogens with zero attached hydrogens (tertiary/aromatic N) is 4. The molecule has 40 heavy (non-hydrogen) atoms. The van der Waals surface area contributed by atoms with E-state index in [0.717, 1.165) is 33.4 Å². The Kier molecular flexibility index (Phi) is 7.43. The summed E-state index contributed by atoms with van der Waals surface area (Å²) in [5.41, 5.74) is 3.15. The molecule has 0 radical (unpaired) electrons. The van der Waals surface area contributed by atoms with E-state index in [9.17, 15) is 9.18 Å². The van der Waals surface area contributed by atoms with Crippen LogP contribution in [0, 0.1) is 5.82 Å². The third kappa shape index (κ3) is 5.54. The molecule has 1 aromatic heterocycles. The molecule has 1 N–H and O–H groups in total. The van der Waals surface area contributed by atoms with Crippen molar-refractivity contribution in [3.8, 4) is 5.75 Å². The number of benzene rings is 4. The first-order chi connectivity index (χ1) is 19.6. The molecular weight excluding hydrogens is 545 g/mol. The Hall–Kier alpha value is -4.28. The number of carbonyl (C=O) groups is 1. The quantitative estimate of drug-likeness (QED) is 0.202. The van der Waals surface area contributed by atoms with Crippen molar-refractivity contribution in [1.82, 2.24) is 15.2 Å². The zero-order valence-corrected chi connectivity index (χ0v) is 23.1. The van der Waals surface area contributed by atoms with Crippen LogP contribution in [0.2, 0.25) is 0 Å². The minimum atomic E-state index is -0.374. The molecule has 0 saturated heterocycles. The standard InChI is InChI=1S/C30H24FN5O2S2/c1-38-23-14-12-20(13-15-23)27-17-26(22-11-10-19-6-2-3-7-21(19)16-22)35-36(27)28(37)18-39-30-34-33-29(40-30)32-25-9-5-4-8-24(25)31/h2-16,27H,17-18H2,1H3,(H,32,33). The lowest BCUT2D eigenvalue weighted by Crippen LogP contribution is -2.28. The van der Waals surface area contributed by atoms with Crippen molar-refractivity contribution in [3.63, 3.8) is 0 Å². The smallest absolute Gasteiger partial charge is 0.253 e. The number of nitrogens with one attached hydrogen (secondary N) is 1. The molecule has 7 nitrogen and oxygen atoms in total. The zero-order chi connectivity index (χ0) is 27.5. The molecule has 0 aliphatic carbocycles. The number of hydrazone groups is 1. The monoisotopic (exact) mass is 569 g/mol. The average Bonchev–Trinajstić information content (AvgIpc) is 3.64. The predicted octanol–water partition coefficient (Wildman–Crippen LogP) is 7.05. The number of fused-ring (bicyclic) bond motifs is 1. The molecule has 0 spiro atoms. The largest absolute Gasteiger partial charge is 0.497 e. The number of amides is 1. The summed E-state index contributed by atoms with van der Waals surface area (Å²) in [5.74, 6) is 0.373. The van der Waals surface area contributed by atoms with Gasteiger partial charge in [0.05, 0.1) is 30.3 Å². The maximum atomic E-state index is 14.0. The van der Waals surface area contributed by atoms with Gasteiger partial charge in [0, 0.05) is 6.42 Å². The highest BCUT2D eigenvalue weighted by Crippen LogP contribution is 2.36. The van der Waals surface area contributed by atoms with Gasteiger partial charge in [-0.2, -0.15) is 5.10 Å². The lowest BCUT2D eigenvalue weighted by atomic mass is 9.97. The summed E-state index contributed by atoms with van der Waals surface area (Å²) >= 11 is 2.55. The number of carbonyl (C=O) groups excluding carboxylic acids is 1. The highest BCUT2D eigenvalue weighted by molar-refractivity contribution is 8.01. The number of para-hydroxylation sites is 1. The maximum absolute atomic E-state index is 14.0. The van der Waals surface area contributed by atoms with Gasteiger partial charge in [0.2, 0.25) is 5.13 Å². The molecule has 4 aromatic carbocycles. The summed E-state index contributed by atoms with van der Waals surface area (Å²) in [5, 5.41) is 20.3. The second-order valence-corrected chi connectivity index (χ2v) is 11.3. The summed E-state index contributed by atoms with van der Waals surface area (Å²) in [6, 6.07) is 28.3. The molecule has 6 rings (SSSR count). The summed E-state index contributed by atoms with van der Waals surface area (Å²) in [6.45, 7) is 0. The van der Waals surface area contributed by atoms with E-state index in [1.54, 1.807) is 30.3 Å². The van der Waals surface area contributed by atoms with Crippen LogP contribution in [0.5, 0.6) is 5.75 Å². The molecule has 5 aromatic rings. The number of hydrogen-bond donors (Lipinski definition) is 1. The van der Waals surface area contributed by atoms with Crippen LogP contribution in [0.25, 0.3) is 10.8 Å². The minimum absolute atomic E-state index is 0.134. The van der Waals surface area contributed by atoms with Gasteiger partial charge >= 0.3 is 0 Å². The predicted molar refractivity (Wildman–Crippen MR) is 158 cm³/mol. The third-order valence-electron chi connectivity index (χ3n) is 6.59. The van der Waals surface area contributed by atoms with E-state index in [1.165, 1.54) is 29.2 Å². The average molecular weight is 570 g/mol. The van der Waals surface area contributed by atoms with Crippen molar-refractivity contribution in [2.24, 2.45) is 5.10 Å². The van der Waals surface area contributed by atoms with Crippen LogP contribution in [-0.2, 0) is 4.79 Å². The number of thioether (sulfide) groups is 1. The molecule has 0 bridgehead atoms. The van der Waals surface area contributed by atoms with Gasteiger partial charge in [-0.1, -0.05) is 83.8 Å². The molecule has 10 heteroatoms. The molecule has 1 unspecified atom stereocenters. The zero-order valence-electron chi connectivity index (χ0n) is 21.5. The molecular formula is C30H24FN5O2S2. The second kappa shape index (κ2) is 11.4. The summed E-state index contributed by atoms with van der Waals surface area (Å²) in [6.07, 6.45) is 0.594. The van der Waals surface area contributed by atoms with Crippen LogP contribution in [-0.4, -0.2) is 39.7 Å². The van der Waals surface area contributed by atoms with E-state index in [-0.39, 0.29) is 23.5 Å². The van der Waals surface area contributed by atoms with Gasteiger partial charge in [0.1, 0.15) is 11.6 Å². The SMILES string of the molecule is COc1ccc(C2CC(c3ccc4ccccc4c3)=NN2C(=O)CSc2nnc(Nc3ccccc3F)s2)cc1. The first-order valence-corrected chi connectivity index (χ1v) is 14.4. The van der Waals surface area contributed by atoms with E-state index in [2.05, 4.69) is 45.8 Å². The Balaban J connectivity index is 1.21. The number of aromatic nitrogens is 2. The van der Waals surface area contributed by atoms with Crippen LogP contribution in [0.15, 0.2) is 100 Å². The van der Waals surface area contributed by atoms with Crippen LogP contribution < -0.4 is 10.1 Å². The van der Waals surface area contributed by atoms with Gasteiger partial charge in [-0.25, -0.2) is 9.40 Å². The summed E-state index contributed by atoms with van der Waals surface area (Å²) < 4.78 is 19.9. The Labute approximate surface area is 238 Å². The van der Waals surface area contributed by atoms with E-state index >= 15 is 0 Å². The Morgan fingerprint density at radius 2 is 1.80 bits per heavy atom. The third-order valence-corrected chi connectivity index (χ3v) is 8.55. The first-order valence-electron chi connectivity index (χ1n) is 12.6. The lowest BCUT2D eigenvalue weighted by Gasteiger charge is -2.22. The molecule has 2 heterocycles. The van der Waals surface area contributed by atoms with Crippen LogP contribution in [0.4, 0.5) is 15.2 Å². The second-order valence-electron chi connectivity index (χ2n) is 9.11. The maximum Gasteiger partial charge on any atom is 0.253 e. The number of rotatable bonds is 8. The minimum Gasteiger partial charge on any atom is -0.497 e. The van der Waals surface area contributed by atoms with Gasteiger partial charge in [0.25, 0.3) is 5.91 Å². The fourth-order valence-corrected chi connectivity index (χ4v) is 6.17. The van der Waals surface area contributed by atoms with Gasteiger partial charge in [-0.3, -0.25) is 4.79 Å². The van der Waals surface area contributed by atoms with Crippen molar-refractivity contribution in [1.29, 1.82) is 0 Å². The summed E-state index contributed by atoms with van der Waals surface area (Å²) in [7, 11) is 1.63. The van der Waals surface area contributed by atoms with Crippen LogP contribution in [0.1, 0.15) is 23.6 Å². The number of halogens is 1. The molecule has 1 atom stereocenters. The van der Waals surface area contributed by atoms with Crippen molar-refractivity contribution >= 4 is 56.3 Å². The number of anilines is 2. The van der Waals surface area contributed by atoms with Gasteiger partial charge in [-0.15, -0.1) is 10.2 Å². The van der Waals surface area contributed by atoms with E-state index in [0.29, 0.717) is 21.6 Å². The summed E-state index contributed by atoms with van der Waals surface area (Å²) in [4.78, 5) is 13.5. The lowest BCUT2D eigenvalue weighted by molar-refractivity contribution is -0.130. The Morgan fingerprint density at radius 1 is 1.02 bits per heavy atom. The van der Waals surface area contributed by atoms with Crippen LogP contribution >= 0.6 is 23.1 Å². The fraction of sp³-hybridized carbons (Fsp3) is 0.133. The molecule has 1 aliphatic rings. The number of hydrogen-bond acceptors (Lipinski definition) is 8. The fourth-order valence-electron chi connectivity index (χ4n) is 4.56. The molecule has 0 saturated carbocycles. The number of ether oxygens (including phenoxy) is 1. The Bertz CT molecular complexity index is 1710. The normalized spacial score (nSPS) is 14.8. The van der Waals surface area contributed by atoms with Crippen molar-refractivity contribution in [2.45, 2.75) is 16.8 Å². The molecule has 0 fully saturated rings.